The fourth-order valence-corrected chi connectivity index (χ4v) is 4.13. The van der Waals surface area contributed by atoms with Crippen LogP contribution in [0.4, 0.5) is 0 Å². The van der Waals surface area contributed by atoms with Crippen molar-refractivity contribution >= 4 is 11.6 Å². The summed E-state index contributed by atoms with van der Waals surface area (Å²) < 4.78 is 0. The standard InChI is InChI=1S/C18H26ClN/c1-13(14-6-3-2-4-7-14)20-18-11-16(12-18)15-8-5-9-17(19)10-15/h5,8-10,13-14,16,18,20H,2-4,6-7,11-12H2,1H3/t13-,16?,18?/m0/s1. The van der Waals surface area contributed by atoms with Crippen molar-refractivity contribution in [2.45, 2.75) is 69.9 Å². The van der Waals surface area contributed by atoms with Gasteiger partial charge in [-0.15, -0.1) is 0 Å². The smallest absolute Gasteiger partial charge is 0.0408 e. The molecule has 0 heterocycles. The molecule has 0 saturated heterocycles. The maximum atomic E-state index is 6.08. The van der Waals surface area contributed by atoms with Gasteiger partial charge in [-0.3, -0.25) is 0 Å². The van der Waals surface area contributed by atoms with E-state index in [2.05, 4.69) is 30.4 Å². The minimum absolute atomic E-state index is 0.695. The molecule has 0 bridgehead atoms. The summed E-state index contributed by atoms with van der Waals surface area (Å²) in [6.45, 7) is 2.39. The van der Waals surface area contributed by atoms with Crippen molar-refractivity contribution < 1.29 is 0 Å². The number of rotatable bonds is 4. The SMILES string of the molecule is C[C@H](NC1CC(c2cccc(Cl)c2)C1)C1CCCCC1. The first kappa shape index (κ1) is 14.4. The lowest BCUT2D eigenvalue weighted by Gasteiger charge is -2.40. The van der Waals surface area contributed by atoms with Crippen molar-refractivity contribution in [3.8, 4) is 0 Å². The van der Waals surface area contributed by atoms with Crippen LogP contribution in [0.5, 0.6) is 0 Å². The van der Waals surface area contributed by atoms with Crippen LogP contribution >= 0.6 is 11.6 Å². The Balaban J connectivity index is 1.46. The lowest BCUT2D eigenvalue weighted by Crippen LogP contribution is -2.47. The molecular formula is C18H26ClN. The molecule has 0 aliphatic heterocycles. The van der Waals surface area contributed by atoms with Crippen molar-refractivity contribution in [1.82, 2.24) is 5.32 Å². The van der Waals surface area contributed by atoms with Gasteiger partial charge >= 0.3 is 0 Å². The molecule has 2 fully saturated rings. The average molecular weight is 292 g/mol. The second kappa shape index (κ2) is 6.49. The van der Waals surface area contributed by atoms with Gasteiger partial charge in [-0.25, -0.2) is 0 Å². The first-order chi connectivity index (χ1) is 9.72. The minimum atomic E-state index is 0.695. The highest BCUT2D eigenvalue weighted by Crippen LogP contribution is 2.38. The quantitative estimate of drug-likeness (QED) is 0.809. The van der Waals surface area contributed by atoms with Gasteiger partial charge < -0.3 is 5.32 Å². The van der Waals surface area contributed by atoms with Crippen LogP contribution in [0, 0.1) is 5.92 Å². The van der Waals surface area contributed by atoms with Crippen molar-refractivity contribution in [3.05, 3.63) is 34.9 Å². The van der Waals surface area contributed by atoms with Gasteiger partial charge in [0.2, 0.25) is 0 Å². The molecule has 110 valence electrons. The van der Waals surface area contributed by atoms with Gasteiger partial charge in [-0.1, -0.05) is 43.0 Å². The van der Waals surface area contributed by atoms with Crippen LogP contribution in [0.15, 0.2) is 24.3 Å². The van der Waals surface area contributed by atoms with Gasteiger partial charge in [0.1, 0.15) is 0 Å². The third kappa shape index (κ3) is 3.38. The van der Waals surface area contributed by atoms with Crippen LogP contribution in [0.1, 0.15) is 63.4 Å². The fourth-order valence-electron chi connectivity index (χ4n) is 3.93. The molecule has 2 aliphatic rings. The van der Waals surface area contributed by atoms with E-state index < -0.39 is 0 Å². The number of hydrogen-bond acceptors (Lipinski definition) is 1. The van der Waals surface area contributed by atoms with Gasteiger partial charge in [0.05, 0.1) is 0 Å². The summed E-state index contributed by atoms with van der Waals surface area (Å²) in [6, 6.07) is 9.80. The lowest BCUT2D eigenvalue weighted by atomic mass is 9.75. The fraction of sp³-hybridized carbons (Fsp3) is 0.667. The third-order valence-corrected chi connectivity index (χ3v) is 5.55. The molecule has 0 unspecified atom stereocenters. The molecule has 1 aromatic carbocycles. The van der Waals surface area contributed by atoms with E-state index in [1.54, 1.807) is 0 Å². The molecule has 1 atom stereocenters. The average Bonchev–Trinajstić information content (AvgIpc) is 2.43. The normalized spacial score (nSPS) is 28.9. The zero-order chi connectivity index (χ0) is 13.9. The third-order valence-electron chi connectivity index (χ3n) is 5.31. The Morgan fingerprint density at radius 2 is 1.90 bits per heavy atom. The van der Waals surface area contributed by atoms with Gasteiger partial charge in [0, 0.05) is 17.1 Å². The van der Waals surface area contributed by atoms with Crippen LogP contribution in [0.2, 0.25) is 5.02 Å². The van der Waals surface area contributed by atoms with E-state index in [-0.39, 0.29) is 0 Å². The van der Waals surface area contributed by atoms with Crippen molar-refractivity contribution in [2.24, 2.45) is 5.92 Å². The Hall–Kier alpha value is -0.530. The molecule has 2 aliphatic carbocycles. The van der Waals surface area contributed by atoms with Gasteiger partial charge in [0.25, 0.3) is 0 Å². The minimum Gasteiger partial charge on any atom is -0.311 e. The van der Waals surface area contributed by atoms with Crippen molar-refractivity contribution in [1.29, 1.82) is 0 Å². The lowest BCUT2D eigenvalue weighted by molar-refractivity contribution is 0.211. The van der Waals surface area contributed by atoms with E-state index in [1.165, 1.54) is 50.5 Å². The Morgan fingerprint density at radius 3 is 2.60 bits per heavy atom. The molecule has 1 nitrogen and oxygen atoms in total. The number of benzene rings is 1. The van der Waals surface area contributed by atoms with Crippen LogP contribution in [-0.2, 0) is 0 Å². The Labute approximate surface area is 128 Å². The summed E-state index contributed by atoms with van der Waals surface area (Å²) in [4.78, 5) is 0. The summed E-state index contributed by atoms with van der Waals surface area (Å²) in [5, 5.41) is 4.74. The maximum Gasteiger partial charge on any atom is 0.0408 e. The van der Waals surface area contributed by atoms with E-state index in [4.69, 9.17) is 11.6 Å². The maximum absolute atomic E-state index is 6.08. The van der Waals surface area contributed by atoms with Crippen LogP contribution in [0.3, 0.4) is 0 Å². The van der Waals surface area contributed by atoms with Gasteiger partial charge in [-0.05, 0) is 62.1 Å². The number of nitrogens with one attached hydrogen (secondary N) is 1. The molecule has 2 heteroatoms. The number of hydrogen-bond donors (Lipinski definition) is 1. The van der Waals surface area contributed by atoms with Crippen LogP contribution in [-0.4, -0.2) is 12.1 Å². The highest BCUT2D eigenvalue weighted by molar-refractivity contribution is 6.30. The zero-order valence-electron chi connectivity index (χ0n) is 12.4. The Kier molecular flexibility index (Phi) is 4.68. The molecule has 0 aromatic heterocycles. The predicted octanol–water partition coefficient (Wildman–Crippen LogP) is 5.14. The van der Waals surface area contributed by atoms with Crippen molar-refractivity contribution in [2.75, 3.05) is 0 Å². The molecule has 1 N–H and O–H groups in total. The molecule has 0 radical (unpaired) electrons. The predicted molar refractivity (Wildman–Crippen MR) is 86.4 cm³/mol. The zero-order valence-corrected chi connectivity index (χ0v) is 13.2. The van der Waals surface area contributed by atoms with Crippen LogP contribution < -0.4 is 5.32 Å². The second-order valence-electron chi connectivity index (χ2n) is 6.77. The first-order valence-corrected chi connectivity index (χ1v) is 8.61. The molecule has 1 aromatic rings. The Bertz CT molecular complexity index is 433. The van der Waals surface area contributed by atoms with Gasteiger partial charge in [-0.2, -0.15) is 0 Å². The van der Waals surface area contributed by atoms with E-state index >= 15 is 0 Å². The van der Waals surface area contributed by atoms with E-state index in [0.717, 1.165) is 17.0 Å². The first-order valence-electron chi connectivity index (χ1n) is 8.24. The van der Waals surface area contributed by atoms with E-state index in [1.807, 2.05) is 6.07 Å². The summed E-state index contributed by atoms with van der Waals surface area (Å²) >= 11 is 6.08. The van der Waals surface area contributed by atoms with E-state index in [0.29, 0.717) is 12.0 Å². The topological polar surface area (TPSA) is 12.0 Å². The summed E-state index contributed by atoms with van der Waals surface area (Å²) in [6.07, 6.45) is 9.73. The highest BCUT2D eigenvalue weighted by atomic mass is 35.5. The summed E-state index contributed by atoms with van der Waals surface area (Å²) in [5.41, 5.74) is 1.42. The summed E-state index contributed by atoms with van der Waals surface area (Å²) in [5.74, 6) is 1.62. The highest BCUT2D eigenvalue weighted by Gasteiger charge is 2.32. The van der Waals surface area contributed by atoms with Crippen LogP contribution in [0.25, 0.3) is 0 Å². The molecule has 0 spiro atoms. The molecule has 2 saturated carbocycles. The van der Waals surface area contributed by atoms with E-state index in [9.17, 15) is 0 Å². The monoisotopic (exact) mass is 291 g/mol. The molecule has 0 amide bonds. The van der Waals surface area contributed by atoms with Gasteiger partial charge in [0.15, 0.2) is 0 Å². The second-order valence-corrected chi connectivity index (χ2v) is 7.21. The Morgan fingerprint density at radius 1 is 1.15 bits per heavy atom. The van der Waals surface area contributed by atoms with Crippen molar-refractivity contribution in [3.63, 3.8) is 0 Å². The summed E-state index contributed by atoms with van der Waals surface area (Å²) in [7, 11) is 0. The largest absolute Gasteiger partial charge is 0.311 e. The number of halogens is 1. The molecule has 3 rings (SSSR count). The molecule has 20 heavy (non-hydrogen) atoms. The molecular weight excluding hydrogens is 266 g/mol.